The van der Waals surface area contributed by atoms with Crippen LogP contribution < -0.4 is 0 Å². The molecule has 1 aliphatic carbocycles. The summed E-state index contributed by atoms with van der Waals surface area (Å²) in [5, 5.41) is 0. The highest BCUT2D eigenvalue weighted by Gasteiger charge is 2.24. The summed E-state index contributed by atoms with van der Waals surface area (Å²) in [5.74, 6) is 0.113. The van der Waals surface area contributed by atoms with Gasteiger partial charge in [0.2, 0.25) is 0 Å². The van der Waals surface area contributed by atoms with Crippen LogP contribution >= 0.6 is 11.8 Å². The quantitative estimate of drug-likeness (QED) is 0.673. The summed E-state index contributed by atoms with van der Waals surface area (Å²) < 4.78 is 0. The van der Waals surface area contributed by atoms with Gasteiger partial charge in [0, 0.05) is 15.4 Å². The van der Waals surface area contributed by atoms with Gasteiger partial charge < -0.3 is 0 Å². The average Bonchev–Trinajstić information content (AvgIpc) is 2.47. The van der Waals surface area contributed by atoms with Crippen LogP contribution in [0.25, 0.3) is 6.08 Å². The number of hydrogen-bond donors (Lipinski definition) is 0. The molecule has 0 amide bonds. The molecule has 2 aromatic rings. The lowest BCUT2D eigenvalue weighted by molar-refractivity contribution is 0.101. The molecule has 112 valence electrons. The molecule has 0 atom stereocenters. The molecule has 0 fully saturated rings. The van der Waals surface area contributed by atoms with Crippen molar-refractivity contribution in [2.45, 2.75) is 42.4 Å². The van der Waals surface area contributed by atoms with Gasteiger partial charge >= 0.3 is 0 Å². The van der Waals surface area contributed by atoms with E-state index >= 15 is 0 Å². The van der Waals surface area contributed by atoms with Crippen molar-refractivity contribution in [1.29, 1.82) is 0 Å². The molecular formula is C20H20OS. The van der Waals surface area contributed by atoms with E-state index in [1.807, 2.05) is 24.3 Å². The maximum Gasteiger partial charge on any atom is 0.160 e. The van der Waals surface area contributed by atoms with E-state index in [-0.39, 0.29) is 11.2 Å². The highest BCUT2D eigenvalue weighted by molar-refractivity contribution is 7.99. The first-order valence-electron chi connectivity index (χ1n) is 7.56. The zero-order valence-corrected chi connectivity index (χ0v) is 14.0. The standard InChI is InChI=1S/C20H20OS/c1-14(21)17-8-4-5-9-19(17)22-16-10-11-18-15(13-16)7-6-12-20(18,2)3/h4-11,13H,12H2,1-3H3. The zero-order valence-electron chi connectivity index (χ0n) is 13.2. The van der Waals surface area contributed by atoms with Gasteiger partial charge in [-0.05, 0) is 48.1 Å². The number of allylic oxidation sites excluding steroid dienone is 1. The third kappa shape index (κ3) is 2.89. The van der Waals surface area contributed by atoms with Crippen LogP contribution in [0.2, 0.25) is 0 Å². The van der Waals surface area contributed by atoms with Gasteiger partial charge in [0.05, 0.1) is 0 Å². The number of ketones is 1. The maximum atomic E-state index is 11.7. The Labute approximate surface area is 136 Å². The molecule has 0 aromatic heterocycles. The Morgan fingerprint density at radius 1 is 1.14 bits per heavy atom. The second-order valence-electron chi connectivity index (χ2n) is 6.39. The van der Waals surface area contributed by atoms with Crippen molar-refractivity contribution in [3.63, 3.8) is 0 Å². The van der Waals surface area contributed by atoms with Crippen LogP contribution in [0.5, 0.6) is 0 Å². The normalized spacial score (nSPS) is 15.4. The van der Waals surface area contributed by atoms with Crippen LogP contribution in [0.3, 0.4) is 0 Å². The minimum absolute atomic E-state index is 0.113. The molecule has 2 heteroatoms. The Morgan fingerprint density at radius 3 is 2.68 bits per heavy atom. The molecule has 0 N–H and O–H groups in total. The summed E-state index contributed by atoms with van der Waals surface area (Å²) in [4.78, 5) is 13.9. The van der Waals surface area contributed by atoms with E-state index in [0.717, 1.165) is 16.9 Å². The number of rotatable bonds is 3. The third-order valence-electron chi connectivity index (χ3n) is 4.17. The number of carbonyl (C=O) groups excluding carboxylic acids is 1. The first-order valence-corrected chi connectivity index (χ1v) is 8.38. The van der Waals surface area contributed by atoms with E-state index in [9.17, 15) is 4.79 Å². The van der Waals surface area contributed by atoms with Gasteiger partial charge in [-0.25, -0.2) is 0 Å². The van der Waals surface area contributed by atoms with Crippen LogP contribution in [-0.2, 0) is 5.41 Å². The number of Topliss-reactive ketones (excluding diaryl/α,β-unsaturated/α-hetero) is 1. The third-order valence-corrected chi connectivity index (χ3v) is 5.24. The van der Waals surface area contributed by atoms with Gasteiger partial charge in [-0.2, -0.15) is 0 Å². The van der Waals surface area contributed by atoms with Gasteiger partial charge in [0.25, 0.3) is 0 Å². The highest BCUT2D eigenvalue weighted by Crippen LogP contribution is 2.38. The molecule has 1 aliphatic rings. The lowest BCUT2D eigenvalue weighted by Gasteiger charge is -2.29. The fourth-order valence-electron chi connectivity index (χ4n) is 2.92. The molecule has 0 spiro atoms. The maximum absolute atomic E-state index is 11.7. The SMILES string of the molecule is CC(=O)c1ccccc1Sc1ccc2c(c1)C=CCC2(C)C. The lowest BCUT2D eigenvalue weighted by Crippen LogP contribution is -2.19. The summed E-state index contributed by atoms with van der Waals surface area (Å²) in [5.41, 5.74) is 3.69. The van der Waals surface area contributed by atoms with E-state index in [2.05, 4.69) is 44.2 Å². The molecule has 0 bridgehead atoms. The molecule has 3 rings (SSSR count). The molecule has 0 radical (unpaired) electrons. The highest BCUT2D eigenvalue weighted by atomic mass is 32.2. The second-order valence-corrected chi connectivity index (χ2v) is 7.51. The van der Waals surface area contributed by atoms with Crippen LogP contribution in [0.15, 0.2) is 58.3 Å². The Balaban J connectivity index is 1.96. The van der Waals surface area contributed by atoms with Crippen molar-refractivity contribution in [3.8, 4) is 0 Å². The van der Waals surface area contributed by atoms with Gasteiger partial charge in [0.1, 0.15) is 0 Å². The Kier molecular flexibility index (Phi) is 3.96. The molecule has 0 saturated carbocycles. The van der Waals surface area contributed by atoms with Crippen molar-refractivity contribution < 1.29 is 4.79 Å². The Morgan fingerprint density at radius 2 is 1.91 bits per heavy atom. The van der Waals surface area contributed by atoms with Gasteiger partial charge in [-0.3, -0.25) is 4.79 Å². The topological polar surface area (TPSA) is 17.1 Å². The first-order chi connectivity index (χ1) is 10.5. The number of hydrogen-bond acceptors (Lipinski definition) is 2. The van der Waals surface area contributed by atoms with Crippen molar-refractivity contribution in [1.82, 2.24) is 0 Å². The summed E-state index contributed by atoms with van der Waals surface area (Å²) in [7, 11) is 0. The molecule has 1 nitrogen and oxygen atoms in total. The van der Waals surface area contributed by atoms with E-state index in [4.69, 9.17) is 0 Å². The second kappa shape index (κ2) is 5.77. The van der Waals surface area contributed by atoms with Crippen molar-refractivity contribution in [2.24, 2.45) is 0 Å². The molecule has 0 unspecified atom stereocenters. The predicted octanol–water partition coefficient (Wildman–Crippen LogP) is 5.73. The Bertz CT molecular complexity index is 756. The summed E-state index contributed by atoms with van der Waals surface area (Å²) in [6, 6.07) is 14.4. The molecule has 22 heavy (non-hydrogen) atoms. The van der Waals surface area contributed by atoms with E-state index in [1.165, 1.54) is 16.0 Å². The minimum Gasteiger partial charge on any atom is -0.294 e. The van der Waals surface area contributed by atoms with E-state index < -0.39 is 0 Å². The predicted molar refractivity (Wildman–Crippen MR) is 93.7 cm³/mol. The largest absolute Gasteiger partial charge is 0.294 e. The fraction of sp³-hybridized carbons (Fsp3) is 0.250. The van der Waals surface area contributed by atoms with Gasteiger partial charge in [0.15, 0.2) is 5.78 Å². The van der Waals surface area contributed by atoms with Crippen LogP contribution in [0, 0.1) is 0 Å². The van der Waals surface area contributed by atoms with Gasteiger partial charge in [-0.1, -0.05) is 62.0 Å². The minimum atomic E-state index is 0.113. The lowest BCUT2D eigenvalue weighted by atomic mass is 9.76. The first kappa shape index (κ1) is 15.1. The van der Waals surface area contributed by atoms with Crippen molar-refractivity contribution >= 4 is 23.6 Å². The van der Waals surface area contributed by atoms with Crippen LogP contribution in [0.1, 0.15) is 48.7 Å². The van der Waals surface area contributed by atoms with E-state index in [1.54, 1.807) is 18.7 Å². The van der Waals surface area contributed by atoms with Gasteiger partial charge in [-0.15, -0.1) is 0 Å². The number of fused-ring (bicyclic) bond motifs is 1. The zero-order chi connectivity index (χ0) is 15.7. The molecule has 0 heterocycles. The average molecular weight is 308 g/mol. The summed E-state index contributed by atoms with van der Waals surface area (Å²) >= 11 is 1.66. The summed E-state index contributed by atoms with van der Waals surface area (Å²) in [6.07, 6.45) is 5.54. The monoisotopic (exact) mass is 308 g/mol. The number of carbonyl (C=O) groups is 1. The smallest absolute Gasteiger partial charge is 0.160 e. The molecular weight excluding hydrogens is 288 g/mol. The fourth-order valence-corrected chi connectivity index (χ4v) is 3.97. The molecule has 0 saturated heterocycles. The number of benzene rings is 2. The van der Waals surface area contributed by atoms with Crippen molar-refractivity contribution in [2.75, 3.05) is 0 Å². The van der Waals surface area contributed by atoms with Crippen LogP contribution in [-0.4, -0.2) is 5.78 Å². The van der Waals surface area contributed by atoms with Crippen molar-refractivity contribution in [3.05, 3.63) is 65.2 Å². The summed E-state index contributed by atoms with van der Waals surface area (Å²) in [6.45, 7) is 6.19. The molecule has 0 aliphatic heterocycles. The Hall–Kier alpha value is -1.80. The van der Waals surface area contributed by atoms with Crippen LogP contribution in [0.4, 0.5) is 0 Å². The van der Waals surface area contributed by atoms with E-state index in [0.29, 0.717) is 0 Å². The molecule has 2 aromatic carbocycles.